The number of anilines is 1. The average Bonchev–Trinajstić information content (AvgIpc) is 2.26. The fourth-order valence-corrected chi connectivity index (χ4v) is 0.913. The van der Waals surface area contributed by atoms with Gasteiger partial charge in [0.15, 0.2) is 5.82 Å². The van der Waals surface area contributed by atoms with Crippen LogP contribution in [0.15, 0.2) is 12.3 Å². The molecule has 0 saturated carbocycles. The van der Waals surface area contributed by atoms with Crippen molar-refractivity contribution in [3.8, 4) is 0 Å². The quantitative estimate of drug-likeness (QED) is 0.681. The highest BCUT2D eigenvalue weighted by molar-refractivity contribution is 6.19. The third kappa shape index (κ3) is 1.98. The Morgan fingerprint density at radius 1 is 1.82 bits per heavy atom. The molecule has 0 aliphatic carbocycles. The van der Waals surface area contributed by atoms with Gasteiger partial charge < -0.3 is 5.73 Å². The van der Waals surface area contributed by atoms with Gasteiger partial charge in [0.25, 0.3) is 0 Å². The predicted octanol–water partition coefficient (Wildman–Crippen LogP) is 1.25. The van der Waals surface area contributed by atoms with Crippen LogP contribution in [-0.4, -0.2) is 15.7 Å². The molecule has 0 saturated heterocycles. The third-order valence-electron chi connectivity index (χ3n) is 1.27. The molecule has 0 atom stereocenters. The van der Waals surface area contributed by atoms with Crippen LogP contribution in [0, 0.1) is 0 Å². The van der Waals surface area contributed by atoms with E-state index in [-0.39, 0.29) is 0 Å². The van der Waals surface area contributed by atoms with Crippen molar-refractivity contribution in [1.82, 2.24) is 9.78 Å². The van der Waals surface area contributed by atoms with E-state index in [9.17, 15) is 0 Å². The number of hydrogen-bond acceptors (Lipinski definition) is 2. The molecule has 1 aromatic heterocycles. The van der Waals surface area contributed by atoms with Gasteiger partial charge in [-0.15, -0.1) is 11.6 Å². The molecule has 0 fully saturated rings. The molecule has 3 nitrogen and oxygen atoms in total. The first-order chi connectivity index (χ1) is 5.24. The molecule has 2 N–H and O–H groups in total. The van der Waals surface area contributed by atoms with Crippen LogP contribution in [0.5, 0.6) is 0 Å². The molecule has 0 aliphatic heterocycles. The third-order valence-corrected chi connectivity index (χ3v) is 1.45. The standard InChI is InChI=1S/C7H10ClN3/c1-11-5-6(3-2-4-8)7(9)10-11/h2-3,5H,4H2,1H3,(H2,9,10). The Morgan fingerprint density at radius 2 is 2.55 bits per heavy atom. The summed E-state index contributed by atoms with van der Waals surface area (Å²) in [5, 5.41) is 3.96. The summed E-state index contributed by atoms with van der Waals surface area (Å²) >= 11 is 5.46. The van der Waals surface area contributed by atoms with Gasteiger partial charge in [-0.2, -0.15) is 5.10 Å². The van der Waals surface area contributed by atoms with E-state index in [1.807, 2.05) is 25.4 Å². The van der Waals surface area contributed by atoms with E-state index in [0.29, 0.717) is 11.7 Å². The average molecular weight is 172 g/mol. The second-order valence-electron chi connectivity index (χ2n) is 2.20. The minimum Gasteiger partial charge on any atom is -0.382 e. The first kappa shape index (κ1) is 8.14. The maximum atomic E-state index is 5.56. The van der Waals surface area contributed by atoms with E-state index < -0.39 is 0 Å². The Kier molecular flexibility index (Phi) is 2.54. The van der Waals surface area contributed by atoms with Gasteiger partial charge in [-0.05, 0) is 0 Å². The van der Waals surface area contributed by atoms with Crippen molar-refractivity contribution < 1.29 is 0 Å². The molecule has 11 heavy (non-hydrogen) atoms. The summed E-state index contributed by atoms with van der Waals surface area (Å²) in [6.07, 6.45) is 5.53. The Hall–Kier alpha value is -0.960. The van der Waals surface area contributed by atoms with Crippen LogP contribution in [0.1, 0.15) is 5.56 Å². The van der Waals surface area contributed by atoms with Crippen molar-refractivity contribution in [2.45, 2.75) is 0 Å². The minimum absolute atomic E-state index is 0.494. The van der Waals surface area contributed by atoms with Gasteiger partial charge in [-0.1, -0.05) is 12.2 Å². The monoisotopic (exact) mass is 171 g/mol. The minimum atomic E-state index is 0.494. The molecule has 0 radical (unpaired) electrons. The van der Waals surface area contributed by atoms with Crippen molar-refractivity contribution in [2.75, 3.05) is 11.6 Å². The molecule has 0 spiro atoms. The second-order valence-corrected chi connectivity index (χ2v) is 2.51. The van der Waals surface area contributed by atoms with Crippen molar-refractivity contribution in [3.63, 3.8) is 0 Å². The van der Waals surface area contributed by atoms with E-state index in [0.717, 1.165) is 5.56 Å². The van der Waals surface area contributed by atoms with Gasteiger partial charge in [0.2, 0.25) is 0 Å². The molecule has 0 aromatic carbocycles. The van der Waals surface area contributed by atoms with Gasteiger partial charge >= 0.3 is 0 Å². The van der Waals surface area contributed by atoms with E-state index in [4.69, 9.17) is 17.3 Å². The van der Waals surface area contributed by atoms with E-state index >= 15 is 0 Å². The fraction of sp³-hybridized carbons (Fsp3) is 0.286. The summed E-state index contributed by atoms with van der Waals surface area (Å²) in [6, 6.07) is 0. The van der Waals surface area contributed by atoms with Crippen LogP contribution < -0.4 is 5.73 Å². The highest BCUT2D eigenvalue weighted by atomic mass is 35.5. The number of alkyl halides is 1. The highest BCUT2D eigenvalue weighted by Crippen LogP contribution is 2.09. The lowest BCUT2D eigenvalue weighted by Crippen LogP contribution is -1.90. The van der Waals surface area contributed by atoms with Gasteiger partial charge in [0, 0.05) is 24.7 Å². The van der Waals surface area contributed by atoms with E-state index in [1.165, 1.54) is 0 Å². The predicted molar refractivity (Wildman–Crippen MR) is 47.4 cm³/mol. The molecule has 0 amide bonds. The number of nitrogen functional groups attached to an aromatic ring is 1. The van der Waals surface area contributed by atoms with Gasteiger partial charge in [-0.3, -0.25) is 4.68 Å². The van der Waals surface area contributed by atoms with Crippen molar-refractivity contribution in [1.29, 1.82) is 0 Å². The zero-order valence-electron chi connectivity index (χ0n) is 6.29. The van der Waals surface area contributed by atoms with Crippen LogP contribution in [0.3, 0.4) is 0 Å². The maximum absolute atomic E-state index is 5.56. The number of nitrogens with two attached hydrogens (primary N) is 1. The molecule has 4 heteroatoms. The van der Waals surface area contributed by atoms with Crippen molar-refractivity contribution in [2.24, 2.45) is 7.05 Å². The molecular formula is C7H10ClN3. The molecule has 1 heterocycles. The molecule has 60 valence electrons. The van der Waals surface area contributed by atoms with Crippen LogP contribution in [0.25, 0.3) is 6.08 Å². The van der Waals surface area contributed by atoms with Gasteiger partial charge in [0.05, 0.1) is 0 Å². The lowest BCUT2D eigenvalue weighted by molar-refractivity contribution is 0.772. The van der Waals surface area contributed by atoms with E-state index in [1.54, 1.807) is 4.68 Å². The van der Waals surface area contributed by atoms with Crippen molar-refractivity contribution in [3.05, 3.63) is 17.8 Å². The normalized spacial score (nSPS) is 11.1. The summed E-state index contributed by atoms with van der Waals surface area (Å²) < 4.78 is 1.67. The zero-order valence-corrected chi connectivity index (χ0v) is 7.04. The number of nitrogens with zero attached hydrogens (tertiary/aromatic N) is 2. The van der Waals surface area contributed by atoms with Crippen LogP contribution >= 0.6 is 11.6 Å². The number of hydrogen-bond donors (Lipinski definition) is 1. The van der Waals surface area contributed by atoms with Crippen LogP contribution in [0.2, 0.25) is 0 Å². The summed E-state index contributed by atoms with van der Waals surface area (Å²) in [5.41, 5.74) is 6.47. The van der Waals surface area contributed by atoms with E-state index in [2.05, 4.69) is 5.10 Å². The fourth-order valence-electron chi connectivity index (χ4n) is 0.824. The van der Waals surface area contributed by atoms with Gasteiger partial charge in [0.1, 0.15) is 0 Å². The Bertz CT molecular complexity index is 265. The molecule has 0 unspecified atom stereocenters. The summed E-state index contributed by atoms with van der Waals surface area (Å²) in [6.45, 7) is 0. The van der Waals surface area contributed by atoms with Crippen LogP contribution in [0.4, 0.5) is 5.82 Å². The number of aryl methyl sites for hydroxylation is 1. The number of aromatic nitrogens is 2. The lowest BCUT2D eigenvalue weighted by atomic mass is 10.3. The first-order valence-electron chi connectivity index (χ1n) is 3.25. The number of rotatable bonds is 2. The van der Waals surface area contributed by atoms with Crippen molar-refractivity contribution >= 4 is 23.5 Å². The Morgan fingerprint density at radius 3 is 3.00 bits per heavy atom. The Labute approximate surface area is 70.5 Å². The maximum Gasteiger partial charge on any atom is 0.152 e. The SMILES string of the molecule is Cn1cc(C=CCCl)c(N)n1. The van der Waals surface area contributed by atoms with Crippen LogP contribution in [-0.2, 0) is 7.05 Å². The molecule has 1 rings (SSSR count). The largest absolute Gasteiger partial charge is 0.382 e. The summed E-state index contributed by atoms with van der Waals surface area (Å²) in [4.78, 5) is 0. The topological polar surface area (TPSA) is 43.8 Å². The smallest absolute Gasteiger partial charge is 0.152 e. The summed E-state index contributed by atoms with van der Waals surface area (Å²) in [5.74, 6) is 1.03. The number of halogens is 1. The van der Waals surface area contributed by atoms with Gasteiger partial charge in [-0.25, -0.2) is 0 Å². The molecule has 1 aromatic rings. The zero-order chi connectivity index (χ0) is 8.27. The lowest BCUT2D eigenvalue weighted by Gasteiger charge is -1.84. The molecule has 0 bridgehead atoms. The first-order valence-corrected chi connectivity index (χ1v) is 3.79. The second kappa shape index (κ2) is 3.44. The highest BCUT2D eigenvalue weighted by Gasteiger charge is 1.97. The summed E-state index contributed by atoms with van der Waals surface area (Å²) in [7, 11) is 1.83. The number of allylic oxidation sites excluding steroid dienone is 1. The molecular weight excluding hydrogens is 162 g/mol. The molecule has 0 aliphatic rings. The Balaban J connectivity index is 2.85.